The second-order valence-corrected chi connectivity index (χ2v) is 6.55. The molecule has 0 saturated heterocycles. The molecule has 1 unspecified atom stereocenters. The number of hydrogen-bond donors (Lipinski definition) is 1. The van der Waals surface area contributed by atoms with Crippen molar-refractivity contribution in [3.05, 3.63) is 18.0 Å². The van der Waals surface area contributed by atoms with Crippen molar-refractivity contribution >= 4 is 5.97 Å². The van der Waals surface area contributed by atoms with E-state index < -0.39 is 17.1 Å². The van der Waals surface area contributed by atoms with E-state index in [-0.39, 0.29) is 0 Å². The highest BCUT2D eigenvalue weighted by atomic mass is 16.6. The molecular weight excluding hydrogens is 242 g/mol. The van der Waals surface area contributed by atoms with Crippen LogP contribution in [0.25, 0.3) is 0 Å². The molecule has 0 amide bonds. The molecule has 1 aromatic heterocycles. The first kappa shape index (κ1) is 15.7. The molecule has 0 saturated carbocycles. The summed E-state index contributed by atoms with van der Waals surface area (Å²) in [5.74, 6) is -0.0131. The van der Waals surface area contributed by atoms with Crippen LogP contribution in [0.1, 0.15) is 53.0 Å². The Labute approximate surface area is 115 Å². The predicted octanol–water partition coefficient (Wildman–Crippen LogP) is 2.07. The quantitative estimate of drug-likeness (QED) is 0.848. The topological polar surface area (TPSA) is 70.1 Å². The van der Waals surface area contributed by atoms with Gasteiger partial charge in [0.25, 0.3) is 0 Å². The van der Waals surface area contributed by atoms with Gasteiger partial charge in [0.2, 0.25) is 0 Å². The van der Waals surface area contributed by atoms with Crippen LogP contribution in [0.15, 0.2) is 12.4 Å². The summed E-state index contributed by atoms with van der Waals surface area (Å²) in [5, 5.41) is 4.23. The first-order valence-corrected chi connectivity index (χ1v) is 6.56. The first-order chi connectivity index (χ1) is 8.51. The van der Waals surface area contributed by atoms with E-state index in [2.05, 4.69) is 18.9 Å². The van der Waals surface area contributed by atoms with E-state index in [0.717, 1.165) is 5.56 Å². The number of esters is 1. The van der Waals surface area contributed by atoms with Gasteiger partial charge in [-0.25, -0.2) is 4.79 Å². The summed E-state index contributed by atoms with van der Waals surface area (Å²) >= 11 is 0. The lowest BCUT2D eigenvalue weighted by Crippen LogP contribution is -2.51. The zero-order valence-electron chi connectivity index (χ0n) is 12.7. The maximum Gasteiger partial charge on any atom is 0.328 e. The number of hydrogen-bond acceptors (Lipinski definition) is 4. The third-order valence-corrected chi connectivity index (χ3v) is 2.68. The van der Waals surface area contributed by atoms with Gasteiger partial charge in [0, 0.05) is 6.20 Å². The van der Waals surface area contributed by atoms with Gasteiger partial charge in [-0.3, -0.25) is 4.68 Å². The van der Waals surface area contributed by atoms with Gasteiger partial charge in [-0.05, 0) is 39.2 Å². The Morgan fingerprint density at radius 3 is 2.42 bits per heavy atom. The molecule has 0 spiro atoms. The third kappa shape index (κ3) is 4.67. The number of aromatic nitrogens is 2. The number of nitrogens with two attached hydrogens (primary N) is 1. The summed E-state index contributed by atoms with van der Waals surface area (Å²) in [4.78, 5) is 12.0. The van der Waals surface area contributed by atoms with Crippen LogP contribution in [0.2, 0.25) is 0 Å². The first-order valence-electron chi connectivity index (χ1n) is 6.56. The van der Waals surface area contributed by atoms with Gasteiger partial charge >= 0.3 is 5.97 Å². The van der Waals surface area contributed by atoms with Crippen molar-refractivity contribution in [2.75, 3.05) is 0 Å². The average molecular weight is 267 g/mol. The van der Waals surface area contributed by atoms with E-state index in [9.17, 15) is 4.79 Å². The van der Waals surface area contributed by atoms with Crippen LogP contribution in [0.3, 0.4) is 0 Å². The molecule has 0 radical (unpaired) electrons. The monoisotopic (exact) mass is 267 g/mol. The van der Waals surface area contributed by atoms with E-state index in [0.29, 0.717) is 12.5 Å². The lowest BCUT2D eigenvalue weighted by atomic mass is 10.0. The molecule has 1 heterocycles. The summed E-state index contributed by atoms with van der Waals surface area (Å²) in [6.07, 6.45) is 3.72. The Morgan fingerprint density at radius 1 is 1.42 bits per heavy atom. The lowest BCUT2D eigenvalue weighted by molar-refractivity contribution is -0.161. The zero-order chi connectivity index (χ0) is 14.8. The van der Waals surface area contributed by atoms with Crippen LogP contribution in [-0.4, -0.2) is 26.9 Å². The molecule has 1 atom stereocenters. The molecule has 0 aliphatic heterocycles. The second-order valence-electron chi connectivity index (χ2n) is 6.55. The lowest BCUT2D eigenvalue weighted by Gasteiger charge is -2.28. The van der Waals surface area contributed by atoms with Crippen molar-refractivity contribution in [3.8, 4) is 0 Å². The summed E-state index contributed by atoms with van der Waals surface area (Å²) < 4.78 is 7.02. The van der Waals surface area contributed by atoms with Gasteiger partial charge < -0.3 is 10.5 Å². The summed E-state index contributed by atoms with van der Waals surface area (Å²) in [6.45, 7) is 11.6. The Balaban J connectivity index is 2.75. The van der Waals surface area contributed by atoms with Crippen molar-refractivity contribution in [2.45, 2.75) is 65.1 Å². The van der Waals surface area contributed by atoms with Crippen LogP contribution in [-0.2, 0) is 16.1 Å². The summed E-state index contributed by atoms with van der Waals surface area (Å²) in [7, 11) is 0. The van der Waals surface area contributed by atoms with E-state index in [1.165, 1.54) is 0 Å². The van der Waals surface area contributed by atoms with Crippen molar-refractivity contribution < 1.29 is 9.53 Å². The molecule has 0 fully saturated rings. The van der Waals surface area contributed by atoms with Crippen LogP contribution in [0, 0.1) is 0 Å². The fourth-order valence-electron chi connectivity index (χ4n) is 1.56. The Bertz CT molecular complexity index is 442. The standard InChI is InChI=1S/C14H25N3O2/c1-10(2)11-7-16-17(8-11)9-14(6,15)12(18)19-13(3,4)5/h7-8,10H,9,15H2,1-6H3. The van der Waals surface area contributed by atoms with Crippen molar-refractivity contribution in [3.63, 3.8) is 0 Å². The molecule has 108 valence electrons. The van der Waals surface area contributed by atoms with Gasteiger partial charge in [0.05, 0.1) is 12.7 Å². The van der Waals surface area contributed by atoms with E-state index >= 15 is 0 Å². The molecule has 5 heteroatoms. The zero-order valence-corrected chi connectivity index (χ0v) is 12.7. The highest BCUT2D eigenvalue weighted by Gasteiger charge is 2.34. The van der Waals surface area contributed by atoms with Crippen LogP contribution in [0.5, 0.6) is 0 Å². The number of carbonyl (C=O) groups is 1. The Morgan fingerprint density at radius 2 is 2.00 bits per heavy atom. The van der Waals surface area contributed by atoms with Gasteiger partial charge in [0.1, 0.15) is 11.1 Å². The van der Waals surface area contributed by atoms with Gasteiger partial charge in [-0.15, -0.1) is 0 Å². The fraction of sp³-hybridized carbons (Fsp3) is 0.714. The highest BCUT2D eigenvalue weighted by Crippen LogP contribution is 2.16. The Kier molecular flexibility index (Phi) is 4.40. The molecule has 0 aliphatic carbocycles. The maximum absolute atomic E-state index is 12.0. The molecular formula is C14H25N3O2. The smallest absolute Gasteiger partial charge is 0.328 e. The minimum atomic E-state index is -1.09. The minimum Gasteiger partial charge on any atom is -0.459 e. The molecule has 0 bridgehead atoms. The van der Waals surface area contributed by atoms with Crippen molar-refractivity contribution in [2.24, 2.45) is 5.73 Å². The second kappa shape index (κ2) is 5.33. The van der Waals surface area contributed by atoms with Crippen LogP contribution in [0.4, 0.5) is 0 Å². The summed E-state index contributed by atoms with van der Waals surface area (Å²) in [6, 6.07) is 0. The number of nitrogens with zero attached hydrogens (tertiary/aromatic N) is 2. The predicted molar refractivity (Wildman–Crippen MR) is 74.8 cm³/mol. The molecule has 2 N–H and O–H groups in total. The van der Waals surface area contributed by atoms with Gasteiger partial charge in [0.15, 0.2) is 0 Å². The normalized spacial score (nSPS) is 15.4. The number of ether oxygens (including phenoxy) is 1. The molecule has 0 aliphatic rings. The highest BCUT2D eigenvalue weighted by molar-refractivity contribution is 5.80. The molecule has 1 aromatic rings. The average Bonchev–Trinajstić information content (AvgIpc) is 2.62. The maximum atomic E-state index is 12.0. The number of rotatable bonds is 4. The fourth-order valence-corrected chi connectivity index (χ4v) is 1.56. The molecule has 19 heavy (non-hydrogen) atoms. The SMILES string of the molecule is CC(C)c1cnn(CC(C)(N)C(=O)OC(C)(C)C)c1. The number of carbonyl (C=O) groups excluding carboxylic acids is 1. The van der Waals surface area contributed by atoms with Crippen molar-refractivity contribution in [1.82, 2.24) is 9.78 Å². The minimum absolute atomic E-state index is 0.300. The van der Waals surface area contributed by atoms with E-state index in [4.69, 9.17) is 10.5 Å². The van der Waals surface area contributed by atoms with Crippen molar-refractivity contribution in [1.29, 1.82) is 0 Å². The molecule has 1 rings (SSSR count). The third-order valence-electron chi connectivity index (χ3n) is 2.68. The van der Waals surface area contributed by atoms with E-state index in [1.54, 1.807) is 17.8 Å². The van der Waals surface area contributed by atoms with E-state index in [1.807, 2.05) is 27.0 Å². The summed E-state index contributed by atoms with van der Waals surface area (Å²) in [5.41, 5.74) is 5.55. The Hall–Kier alpha value is -1.36. The van der Waals surface area contributed by atoms with Crippen LogP contribution < -0.4 is 5.73 Å². The largest absolute Gasteiger partial charge is 0.459 e. The van der Waals surface area contributed by atoms with Gasteiger partial charge in [-0.1, -0.05) is 13.8 Å². The molecule has 0 aromatic carbocycles. The van der Waals surface area contributed by atoms with Crippen LogP contribution >= 0.6 is 0 Å². The molecule has 5 nitrogen and oxygen atoms in total. The van der Waals surface area contributed by atoms with Gasteiger partial charge in [-0.2, -0.15) is 5.10 Å².